The molecule has 150 valence electrons. The molecule has 0 saturated carbocycles. The highest BCUT2D eigenvalue weighted by Gasteiger charge is 2.33. The summed E-state index contributed by atoms with van der Waals surface area (Å²) < 4.78 is 0. The summed E-state index contributed by atoms with van der Waals surface area (Å²) in [6.45, 7) is 2.02. The maximum atomic E-state index is 13.5. The SMILES string of the molecule is Cc1ccc(N2C(=O)/C(=C\c3cccc4ccccc34)N=C2c2ccccc2Cl)cc1. The molecule has 0 aromatic heterocycles. The van der Waals surface area contributed by atoms with Crippen LogP contribution in [0.25, 0.3) is 16.8 Å². The number of benzene rings is 4. The average Bonchev–Trinajstić information content (AvgIpc) is 3.11. The van der Waals surface area contributed by atoms with Gasteiger partial charge in [-0.15, -0.1) is 0 Å². The van der Waals surface area contributed by atoms with Crippen molar-refractivity contribution in [2.75, 3.05) is 4.90 Å². The van der Waals surface area contributed by atoms with E-state index in [2.05, 4.69) is 18.2 Å². The number of carbonyl (C=O) groups excluding carboxylic acids is 1. The van der Waals surface area contributed by atoms with Gasteiger partial charge in [0.1, 0.15) is 11.5 Å². The highest BCUT2D eigenvalue weighted by atomic mass is 35.5. The number of aryl methyl sites for hydroxylation is 1. The molecule has 4 aromatic carbocycles. The molecule has 5 rings (SSSR count). The van der Waals surface area contributed by atoms with Crippen molar-refractivity contribution < 1.29 is 4.79 Å². The van der Waals surface area contributed by atoms with E-state index in [0.29, 0.717) is 16.6 Å². The molecule has 0 bridgehead atoms. The maximum Gasteiger partial charge on any atom is 0.282 e. The molecule has 0 radical (unpaired) electrons. The lowest BCUT2D eigenvalue weighted by molar-refractivity contribution is -0.113. The molecular formula is C27H19ClN2O. The minimum Gasteiger partial charge on any atom is -0.266 e. The fourth-order valence-corrected chi connectivity index (χ4v) is 4.02. The topological polar surface area (TPSA) is 32.7 Å². The molecule has 3 nitrogen and oxygen atoms in total. The van der Waals surface area contributed by atoms with Crippen LogP contribution < -0.4 is 4.90 Å². The number of hydrogen-bond acceptors (Lipinski definition) is 2. The normalized spacial score (nSPS) is 15.0. The second-order valence-corrected chi connectivity index (χ2v) is 7.90. The monoisotopic (exact) mass is 422 g/mol. The Balaban J connectivity index is 1.68. The first-order chi connectivity index (χ1) is 15.1. The average molecular weight is 423 g/mol. The van der Waals surface area contributed by atoms with E-state index in [4.69, 9.17) is 16.6 Å². The predicted molar refractivity (Wildman–Crippen MR) is 129 cm³/mol. The second-order valence-electron chi connectivity index (χ2n) is 7.49. The van der Waals surface area contributed by atoms with Gasteiger partial charge in [-0.3, -0.25) is 9.69 Å². The lowest BCUT2D eigenvalue weighted by Crippen LogP contribution is -2.32. The van der Waals surface area contributed by atoms with Gasteiger partial charge in [0.25, 0.3) is 5.91 Å². The molecule has 0 saturated heterocycles. The van der Waals surface area contributed by atoms with Gasteiger partial charge in [0.2, 0.25) is 0 Å². The first kappa shape index (κ1) is 19.3. The zero-order valence-electron chi connectivity index (χ0n) is 16.9. The van der Waals surface area contributed by atoms with Crippen LogP contribution in [-0.4, -0.2) is 11.7 Å². The van der Waals surface area contributed by atoms with Crippen LogP contribution in [0.1, 0.15) is 16.7 Å². The van der Waals surface area contributed by atoms with Crippen LogP contribution in [0.5, 0.6) is 0 Å². The first-order valence-corrected chi connectivity index (χ1v) is 10.4. The van der Waals surface area contributed by atoms with Gasteiger partial charge in [0.05, 0.1) is 10.7 Å². The Morgan fingerprint density at radius 1 is 0.839 bits per heavy atom. The van der Waals surface area contributed by atoms with Crippen LogP contribution in [0.2, 0.25) is 5.02 Å². The summed E-state index contributed by atoms with van der Waals surface area (Å²) in [5.41, 5.74) is 3.94. The van der Waals surface area contributed by atoms with E-state index < -0.39 is 0 Å². The van der Waals surface area contributed by atoms with Crippen LogP contribution in [0.4, 0.5) is 5.69 Å². The van der Waals surface area contributed by atoms with Crippen molar-refractivity contribution in [2.45, 2.75) is 6.92 Å². The van der Waals surface area contributed by atoms with Crippen LogP contribution in [0, 0.1) is 6.92 Å². The molecule has 1 aliphatic rings. The van der Waals surface area contributed by atoms with Gasteiger partial charge in [0, 0.05) is 5.56 Å². The van der Waals surface area contributed by atoms with Gasteiger partial charge >= 0.3 is 0 Å². The lowest BCUT2D eigenvalue weighted by atomic mass is 10.0. The van der Waals surface area contributed by atoms with Gasteiger partial charge in [0.15, 0.2) is 0 Å². The third-order valence-electron chi connectivity index (χ3n) is 5.38. The molecule has 0 fully saturated rings. The van der Waals surface area contributed by atoms with Gasteiger partial charge in [-0.1, -0.05) is 83.9 Å². The highest BCUT2D eigenvalue weighted by molar-refractivity contribution is 6.39. The standard InChI is InChI=1S/C27H19ClN2O/c1-18-13-15-21(16-14-18)30-26(23-11-4-5-12-24(23)28)29-25(27(30)31)17-20-9-6-8-19-7-2-3-10-22(19)20/h2-17H,1H3/b25-17+. The smallest absolute Gasteiger partial charge is 0.266 e. The van der Waals surface area contributed by atoms with Crippen LogP contribution >= 0.6 is 11.6 Å². The van der Waals surface area contributed by atoms with E-state index >= 15 is 0 Å². The Kier molecular flexibility index (Phi) is 4.89. The largest absolute Gasteiger partial charge is 0.282 e. The molecule has 0 N–H and O–H groups in total. The van der Waals surface area contributed by atoms with Crippen molar-refractivity contribution >= 4 is 45.9 Å². The van der Waals surface area contributed by atoms with E-state index in [1.54, 1.807) is 4.90 Å². The molecule has 0 aliphatic carbocycles. The summed E-state index contributed by atoms with van der Waals surface area (Å²) in [4.78, 5) is 19.9. The Morgan fingerprint density at radius 2 is 1.55 bits per heavy atom. The third-order valence-corrected chi connectivity index (χ3v) is 5.71. The fourth-order valence-electron chi connectivity index (χ4n) is 3.80. The van der Waals surface area contributed by atoms with Gasteiger partial charge in [-0.05, 0) is 53.6 Å². The fraction of sp³-hybridized carbons (Fsp3) is 0.0370. The van der Waals surface area contributed by atoms with Crippen molar-refractivity contribution in [1.29, 1.82) is 0 Å². The summed E-state index contributed by atoms with van der Waals surface area (Å²) in [7, 11) is 0. The summed E-state index contributed by atoms with van der Waals surface area (Å²) in [6.07, 6.45) is 1.86. The summed E-state index contributed by atoms with van der Waals surface area (Å²) >= 11 is 6.48. The quantitative estimate of drug-likeness (QED) is 0.341. The minimum atomic E-state index is -0.174. The number of carbonyl (C=O) groups is 1. The van der Waals surface area contributed by atoms with Gasteiger partial charge in [-0.25, -0.2) is 4.99 Å². The summed E-state index contributed by atoms with van der Waals surface area (Å²) in [6, 6.07) is 29.5. The molecule has 4 aromatic rings. The summed E-state index contributed by atoms with van der Waals surface area (Å²) in [5, 5.41) is 2.75. The number of halogens is 1. The van der Waals surface area contributed by atoms with Crippen molar-refractivity contribution in [1.82, 2.24) is 0 Å². The molecule has 1 amide bonds. The number of rotatable bonds is 3. The van der Waals surface area contributed by atoms with E-state index in [1.807, 2.05) is 85.8 Å². The first-order valence-electron chi connectivity index (χ1n) is 10.1. The number of aliphatic imine (C=N–C) groups is 1. The van der Waals surface area contributed by atoms with Gasteiger partial charge in [-0.2, -0.15) is 0 Å². The lowest BCUT2D eigenvalue weighted by Gasteiger charge is -2.19. The molecule has 0 atom stereocenters. The predicted octanol–water partition coefficient (Wildman–Crippen LogP) is 6.64. The van der Waals surface area contributed by atoms with Crippen molar-refractivity contribution in [3.8, 4) is 0 Å². The molecule has 1 aliphatic heterocycles. The van der Waals surface area contributed by atoms with E-state index in [-0.39, 0.29) is 5.91 Å². The van der Waals surface area contributed by atoms with Crippen LogP contribution in [0.15, 0.2) is 102 Å². The molecule has 0 unspecified atom stereocenters. The highest BCUT2D eigenvalue weighted by Crippen LogP contribution is 2.31. The Bertz CT molecular complexity index is 1360. The number of nitrogens with zero attached hydrogens (tertiary/aromatic N) is 2. The molecule has 31 heavy (non-hydrogen) atoms. The number of fused-ring (bicyclic) bond motifs is 1. The third kappa shape index (κ3) is 3.54. The number of hydrogen-bond donors (Lipinski definition) is 0. The van der Waals surface area contributed by atoms with Gasteiger partial charge < -0.3 is 0 Å². The second kappa shape index (κ2) is 7.86. The van der Waals surface area contributed by atoms with E-state index in [1.165, 1.54) is 0 Å². The number of anilines is 1. The zero-order chi connectivity index (χ0) is 21.4. The molecule has 1 heterocycles. The van der Waals surface area contributed by atoms with Crippen molar-refractivity contribution in [3.63, 3.8) is 0 Å². The van der Waals surface area contributed by atoms with Crippen molar-refractivity contribution in [2.24, 2.45) is 4.99 Å². The molecular weight excluding hydrogens is 404 g/mol. The maximum absolute atomic E-state index is 13.5. The Morgan fingerprint density at radius 3 is 2.35 bits per heavy atom. The minimum absolute atomic E-state index is 0.174. The summed E-state index contributed by atoms with van der Waals surface area (Å²) in [5.74, 6) is 0.359. The molecule has 0 spiro atoms. The number of amides is 1. The van der Waals surface area contributed by atoms with Crippen LogP contribution in [-0.2, 0) is 4.79 Å². The van der Waals surface area contributed by atoms with Crippen LogP contribution in [0.3, 0.4) is 0 Å². The Labute approximate surface area is 185 Å². The van der Waals surface area contributed by atoms with E-state index in [9.17, 15) is 4.79 Å². The Hall–Kier alpha value is -3.69. The van der Waals surface area contributed by atoms with Crippen molar-refractivity contribution in [3.05, 3.63) is 118 Å². The van der Waals surface area contributed by atoms with E-state index in [0.717, 1.165) is 33.2 Å². The zero-order valence-corrected chi connectivity index (χ0v) is 17.7. The molecule has 4 heteroatoms. The number of amidine groups is 1.